The molecule has 1 heterocycles. The minimum atomic E-state index is -1.11. The summed E-state index contributed by atoms with van der Waals surface area (Å²) in [4.78, 5) is 23.8. The second kappa shape index (κ2) is 4.48. The van der Waals surface area contributed by atoms with Gasteiger partial charge in [0.25, 0.3) is 0 Å². The van der Waals surface area contributed by atoms with Crippen LogP contribution >= 0.6 is 0 Å². The van der Waals surface area contributed by atoms with Crippen LogP contribution in [0.5, 0.6) is 0 Å². The van der Waals surface area contributed by atoms with Crippen LogP contribution in [0.15, 0.2) is 16.5 Å². The van der Waals surface area contributed by atoms with Gasteiger partial charge in [-0.15, -0.1) is 0 Å². The van der Waals surface area contributed by atoms with E-state index < -0.39 is 5.97 Å². The van der Waals surface area contributed by atoms with Crippen LogP contribution in [0.4, 0.5) is 4.79 Å². The van der Waals surface area contributed by atoms with Crippen LogP contribution in [0.2, 0.25) is 0 Å². The van der Waals surface area contributed by atoms with Crippen molar-refractivity contribution in [1.82, 2.24) is 10.2 Å². The van der Waals surface area contributed by atoms with E-state index in [1.54, 1.807) is 18.0 Å². The van der Waals surface area contributed by atoms with Gasteiger partial charge in [0.05, 0.1) is 6.54 Å². The molecule has 1 aliphatic rings. The van der Waals surface area contributed by atoms with Crippen molar-refractivity contribution >= 4 is 12.0 Å². The molecule has 17 heavy (non-hydrogen) atoms. The largest absolute Gasteiger partial charge is 0.475 e. The second-order valence-corrected chi connectivity index (χ2v) is 4.07. The van der Waals surface area contributed by atoms with Gasteiger partial charge >= 0.3 is 12.0 Å². The number of rotatable bonds is 4. The number of hydrogen-bond acceptors (Lipinski definition) is 3. The van der Waals surface area contributed by atoms with E-state index in [2.05, 4.69) is 5.32 Å². The number of amides is 2. The van der Waals surface area contributed by atoms with Crippen molar-refractivity contribution in [1.29, 1.82) is 0 Å². The Morgan fingerprint density at radius 3 is 2.76 bits per heavy atom. The van der Waals surface area contributed by atoms with Crippen molar-refractivity contribution in [3.8, 4) is 0 Å². The number of urea groups is 1. The van der Waals surface area contributed by atoms with Gasteiger partial charge in [-0.1, -0.05) is 0 Å². The van der Waals surface area contributed by atoms with E-state index in [-0.39, 0.29) is 18.3 Å². The maximum absolute atomic E-state index is 11.6. The maximum Gasteiger partial charge on any atom is 0.371 e. The lowest BCUT2D eigenvalue weighted by Gasteiger charge is -2.16. The van der Waals surface area contributed by atoms with Crippen LogP contribution in [-0.4, -0.2) is 35.1 Å². The Labute approximate surface area is 98.2 Å². The molecule has 2 N–H and O–H groups in total. The predicted octanol–water partition coefficient (Wildman–Crippen LogP) is 1.28. The third-order valence-electron chi connectivity index (χ3n) is 2.70. The predicted molar refractivity (Wildman–Crippen MR) is 58.7 cm³/mol. The molecule has 6 heteroatoms. The summed E-state index contributed by atoms with van der Waals surface area (Å²) in [5.74, 6) is -0.803. The zero-order chi connectivity index (χ0) is 12.4. The highest BCUT2D eigenvalue weighted by Crippen LogP contribution is 2.25. The first-order chi connectivity index (χ1) is 8.08. The molecule has 0 spiro atoms. The number of nitrogens with zero attached hydrogens (tertiary/aromatic N) is 1. The molecule has 92 valence electrons. The van der Waals surface area contributed by atoms with E-state index >= 15 is 0 Å². The normalized spacial score (nSPS) is 14.4. The number of carbonyl (C=O) groups excluding carboxylic acids is 1. The highest BCUT2D eigenvalue weighted by molar-refractivity contribution is 5.84. The Balaban J connectivity index is 1.84. The molecule has 0 unspecified atom stereocenters. The standard InChI is InChI=1S/C11H14N2O4/c1-13(7-2-3-7)11(16)12-6-8-4-5-9(17-8)10(14)15/h4-5,7H,2-3,6H2,1H3,(H,12,16)(H,14,15). The van der Waals surface area contributed by atoms with E-state index in [0.717, 1.165) is 12.8 Å². The molecule has 0 bridgehead atoms. The Morgan fingerprint density at radius 1 is 1.53 bits per heavy atom. The van der Waals surface area contributed by atoms with E-state index in [0.29, 0.717) is 11.8 Å². The SMILES string of the molecule is CN(C(=O)NCc1ccc(C(=O)O)o1)C1CC1. The van der Waals surface area contributed by atoms with Crippen LogP contribution in [0, 0.1) is 0 Å². The van der Waals surface area contributed by atoms with Gasteiger partial charge in [-0.05, 0) is 25.0 Å². The van der Waals surface area contributed by atoms with Crippen molar-refractivity contribution < 1.29 is 19.1 Å². The molecule has 0 aliphatic heterocycles. The topological polar surface area (TPSA) is 82.8 Å². The maximum atomic E-state index is 11.6. The number of nitrogens with one attached hydrogen (secondary N) is 1. The minimum absolute atomic E-state index is 0.121. The highest BCUT2D eigenvalue weighted by atomic mass is 16.4. The molecule has 2 amide bonds. The second-order valence-electron chi connectivity index (χ2n) is 4.07. The molecule has 0 atom stereocenters. The van der Waals surface area contributed by atoms with Crippen LogP contribution in [0.25, 0.3) is 0 Å². The molecule has 1 saturated carbocycles. The van der Waals surface area contributed by atoms with Crippen LogP contribution in [0.1, 0.15) is 29.2 Å². The zero-order valence-corrected chi connectivity index (χ0v) is 9.47. The number of carboxylic acids is 1. The highest BCUT2D eigenvalue weighted by Gasteiger charge is 2.29. The molecule has 0 saturated heterocycles. The Kier molecular flexibility index (Phi) is 3.03. The summed E-state index contributed by atoms with van der Waals surface area (Å²) in [6.07, 6.45) is 2.10. The van der Waals surface area contributed by atoms with Crippen LogP contribution in [-0.2, 0) is 6.54 Å². The summed E-state index contributed by atoms with van der Waals surface area (Å²) >= 11 is 0. The number of furan rings is 1. The smallest absolute Gasteiger partial charge is 0.371 e. The first kappa shape index (κ1) is 11.5. The number of aromatic carboxylic acids is 1. The molecule has 6 nitrogen and oxygen atoms in total. The van der Waals surface area contributed by atoms with Gasteiger partial charge in [0.2, 0.25) is 5.76 Å². The molecule has 2 rings (SSSR count). The molecule has 1 aliphatic carbocycles. The Morgan fingerprint density at radius 2 is 2.24 bits per heavy atom. The fraction of sp³-hybridized carbons (Fsp3) is 0.455. The van der Waals surface area contributed by atoms with E-state index in [9.17, 15) is 9.59 Å². The van der Waals surface area contributed by atoms with Gasteiger partial charge < -0.3 is 19.7 Å². The van der Waals surface area contributed by atoms with E-state index in [1.807, 2.05) is 0 Å². The lowest BCUT2D eigenvalue weighted by atomic mass is 10.4. The summed E-state index contributed by atoms with van der Waals surface area (Å²) in [5, 5.41) is 11.3. The first-order valence-electron chi connectivity index (χ1n) is 5.40. The van der Waals surface area contributed by atoms with Crippen molar-refractivity contribution in [3.63, 3.8) is 0 Å². The van der Waals surface area contributed by atoms with E-state index in [4.69, 9.17) is 9.52 Å². The first-order valence-corrected chi connectivity index (χ1v) is 5.40. The molecule has 1 aromatic heterocycles. The summed E-state index contributed by atoms with van der Waals surface area (Å²) in [6, 6.07) is 3.09. The van der Waals surface area contributed by atoms with Gasteiger partial charge in [0.1, 0.15) is 5.76 Å². The molecule has 0 radical (unpaired) electrons. The summed E-state index contributed by atoms with van der Waals surface area (Å²) in [7, 11) is 1.75. The average Bonchev–Trinajstić information content (AvgIpc) is 3.03. The average molecular weight is 238 g/mol. The van der Waals surface area contributed by atoms with E-state index in [1.165, 1.54) is 6.07 Å². The fourth-order valence-corrected chi connectivity index (χ4v) is 1.50. The summed E-state index contributed by atoms with van der Waals surface area (Å²) in [5.41, 5.74) is 0. The molecule has 0 aromatic carbocycles. The molecule has 1 fully saturated rings. The zero-order valence-electron chi connectivity index (χ0n) is 9.47. The third kappa shape index (κ3) is 2.77. The van der Waals surface area contributed by atoms with Gasteiger partial charge in [-0.2, -0.15) is 0 Å². The van der Waals surface area contributed by atoms with Crippen molar-refractivity contribution in [2.24, 2.45) is 0 Å². The van der Waals surface area contributed by atoms with Gasteiger partial charge in [0.15, 0.2) is 0 Å². The number of carbonyl (C=O) groups is 2. The minimum Gasteiger partial charge on any atom is -0.475 e. The monoisotopic (exact) mass is 238 g/mol. The lowest BCUT2D eigenvalue weighted by molar-refractivity contribution is 0.0660. The molecule has 1 aromatic rings. The fourth-order valence-electron chi connectivity index (χ4n) is 1.50. The number of carboxylic acid groups (broad SMARTS) is 1. The Bertz CT molecular complexity index is 436. The van der Waals surface area contributed by atoms with Crippen LogP contribution in [0.3, 0.4) is 0 Å². The quantitative estimate of drug-likeness (QED) is 0.827. The summed E-state index contributed by atoms with van der Waals surface area (Å²) < 4.78 is 5.02. The van der Waals surface area contributed by atoms with Gasteiger partial charge in [-0.25, -0.2) is 9.59 Å². The van der Waals surface area contributed by atoms with Crippen LogP contribution < -0.4 is 5.32 Å². The molecular formula is C11H14N2O4. The van der Waals surface area contributed by atoms with Gasteiger partial charge in [0, 0.05) is 13.1 Å². The van der Waals surface area contributed by atoms with Crippen molar-refractivity contribution in [2.75, 3.05) is 7.05 Å². The van der Waals surface area contributed by atoms with Crippen molar-refractivity contribution in [3.05, 3.63) is 23.7 Å². The summed E-state index contributed by atoms with van der Waals surface area (Å²) in [6.45, 7) is 0.198. The van der Waals surface area contributed by atoms with Crippen molar-refractivity contribution in [2.45, 2.75) is 25.4 Å². The molecular weight excluding hydrogens is 224 g/mol. The Hall–Kier alpha value is -1.98. The lowest BCUT2D eigenvalue weighted by Crippen LogP contribution is -2.38. The third-order valence-corrected chi connectivity index (χ3v) is 2.70. The number of hydrogen-bond donors (Lipinski definition) is 2. The van der Waals surface area contributed by atoms with Gasteiger partial charge in [-0.3, -0.25) is 0 Å².